The Morgan fingerprint density at radius 3 is 2.39 bits per heavy atom. The molecule has 0 aromatic heterocycles. The number of fused-ring (bicyclic) bond motifs is 4. The average molecular weight is 918 g/mol. The van der Waals surface area contributed by atoms with Crippen molar-refractivity contribution in [3.05, 3.63) is 82.0 Å². The van der Waals surface area contributed by atoms with E-state index in [1.165, 1.54) is 12.7 Å². The summed E-state index contributed by atoms with van der Waals surface area (Å²) in [4.78, 5) is 67.2. The highest BCUT2D eigenvalue weighted by molar-refractivity contribution is 8.00. The number of para-hydroxylation sites is 1. The first kappa shape index (κ1) is 46.1. The van der Waals surface area contributed by atoms with Crippen LogP contribution in [0.5, 0.6) is 17.2 Å². The molecule has 2 aromatic carbocycles. The van der Waals surface area contributed by atoms with Crippen molar-refractivity contribution in [2.45, 2.75) is 126 Å². The van der Waals surface area contributed by atoms with Crippen LogP contribution in [0, 0.1) is 17.8 Å². The molecule has 10 rings (SSSR count). The Morgan fingerprint density at radius 1 is 0.955 bits per heavy atom. The monoisotopic (exact) mass is 917 g/mol. The van der Waals surface area contributed by atoms with Gasteiger partial charge >= 0.3 is 11.9 Å². The number of likely N-dealkylation sites (N-methyl/N-ethyl adjacent to an activating group) is 1. The van der Waals surface area contributed by atoms with E-state index in [4.69, 9.17) is 28.7 Å². The van der Waals surface area contributed by atoms with Crippen molar-refractivity contribution < 1.29 is 42.9 Å². The van der Waals surface area contributed by atoms with Gasteiger partial charge in [-0.3, -0.25) is 19.4 Å². The third-order valence-corrected chi connectivity index (χ3v) is 16.4. The Balaban J connectivity index is 1.32. The minimum atomic E-state index is -1.54. The molecule has 7 atom stereocenters. The molecular formula is C53H63N3O9S. The van der Waals surface area contributed by atoms with Crippen molar-refractivity contribution in [2.75, 3.05) is 40.3 Å². The predicted octanol–water partition coefficient (Wildman–Crippen LogP) is 8.79. The number of carbonyl (C=O) groups is 4. The Kier molecular flexibility index (Phi) is 11.9. The zero-order valence-corrected chi connectivity index (χ0v) is 40.8. The second-order valence-electron chi connectivity index (χ2n) is 20.4. The molecule has 1 spiro atoms. The molecule has 5 aliphatic heterocycles. The lowest BCUT2D eigenvalue weighted by Crippen LogP contribution is -2.79. The molecule has 5 fully saturated rings. The summed E-state index contributed by atoms with van der Waals surface area (Å²) in [6.07, 6.45) is 12.1. The van der Waals surface area contributed by atoms with Gasteiger partial charge in [-0.25, -0.2) is 4.79 Å². The normalized spacial score (nSPS) is 29.7. The molecule has 12 nitrogen and oxygen atoms in total. The fourth-order valence-corrected chi connectivity index (χ4v) is 13.2. The van der Waals surface area contributed by atoms with Crippen LogP contribution in [0.4, 0.5) is 5.69 Å². The first-order valence-corrected chi connectivity index (χ1v) is 24.3. The zero-order chi connectivity index (χ0) is 47.1. The lowest BCUT2D eigenvalue weighted by Gasteiger charge is -2.63. The van der Waals surface area contributed by atoms with Crippen molar-refractivity contribution in [3.8, 4) is 17.2 Å². The van der Waals surface area contributed by atoms with Crippen LogP contribution in [-0.2, 0) is 35.1 Å². The Bertz CT molecular complexity index is 2560. The second kappa shape index (κ2) is 17.0. The van der Waals surface area contributed by atoms with Crippen LogP contribution in [0.3, 0.4) is 0 Å². The number of aliphatic imine (C=N–C) groups is 1. The van der Waals surface area contributed by atoms with Gasteiger partial charge in [-0.2, -0.15) is 0 Å². The number of benzene rings is 2. The molecule has 7 unspecified atom stereocenters. The van der Waals surface area contributed by atoms with Crippen molar-refractivity contribution in [2.24, 2.45) is 22.7 Å². The number of amides is 1. The highest BCUT2D eigenvalue weighted by atomic mass is 32.2. The minimum Gasteiger partial charge on any atom is -0.482 e. The number of carbonyl (C=O) groups excluding carboxylic acids is 4. The molecule has 66 heavy (non-hydrogen) atoms. The van der Waals surface area contributed by atoms with Gasteiger partial charge in [-0.15, -0.1) is 11.8 Å². The van der Waals surface area contributed by atoms with Gasteiger partial charge < -0.3 is 33.5 Å². The van der Waals surface area contributed by atoms with E-state index in [0.717, 1.165) is 41.2 Å². The summed E-state index contributed by atoms with van der Waals surface area (Å²) in [5, 5.41) is -0.328. The van der Waals surface area contributed by atoms with Crippen LogP contribution in [-0.4, -0.2) is 107 Å². The zero-order valence-electron chi connectivity index (χ0n) is 40.0. The number of nitrogens with zero attached hydrogens (tertiary/aromatic N) is 3. The van der Waals surface area contributed by atoms with Crippen LogP contribution >= 0.6 is 11.8 Å². The second-order valence-corrected chi connectivity index (χ2v) is 21.7. The van der Waals surface area contributed by atoms with Crippen molar-refractivity contribution in [1.82, 2.24) is 9.80 Å². The molecule has 2 saturated heterocycles. The molecule has 0 N–H and O–H groups in total. The standard InChI is InChI=1S/C53H63N3O9S/c1-30(2)14-13-21-51(8)22-20-34-44(63-51)33(18-17-31(3)4)46-41(45(34)62-40(58)29-39(57)56-26-24-55(9)25-27-56)43-42-47(66-37-16-12-11-15-36(37)54-43)35-28-38-50(6,7)65-52(48(35)59,53(38,42)64-46)23-19-32(5)49(60)61-10/h11-12,14-17,19-20,22,35,38,42,47H,13,18,21,23-29H2,1-10H3. The maximum absolute atomic E-state index is 15.7. The average Bonchev–Trinajstić information content (AvgIpc) is 3.35. The summed E-state index contributed by atoms with van der Waals surface area (Å²) in [6.45, 7) is 18.6. The fourth-order valence-electron chi connectivity index (χ4n) is 11.6. The highest BCUT2D eigenvalue weighted by Crippen LogP contribution is 2.73. The predicted molar refractivity (Wildman–Crippen MR) is 255 cm³/mol. The van der Waals surface area contributed by atoms with Crippen LogP contribution in [0.1, 0.15) is 104 Å². The van der Waals surface area contributed by atoms with E-state index in [1.807, 2.05) is 71.2 Å². The van der Waals surface area contributed by atoms with Gasteiger partial charge in [-0.05, 0) is 112 Å². The summed E-state index contributed by atoms with van der Waals surface area (Å²) in [6, 6.07) is 7.96. The molecule has 4 bridgehead atoms. The van der Waals surface area contributed by atoms with Gasteiger partial charge in [0.1, 0.15) is 23.5 Å². The quantitative estimate of drug-likeness (QED) is 0.0705. The maximum Gasteiger partial charge on any atom is 0.333 e. The molecule has 1 amide bonds. The fraction of sp³-hybridized carbons (Fsp3) is 0.528. The molecule has 8 aliphatic rings. The van der Waals surface area contributed by atoms with E-state index in [2.05, 4.69) is 37.8 Å². The number of rotatable bonds is 11. The molecular weight excluding hydrogens is 855 g/mol. The van der Waals surface area contributed by atoms with Gasteiger partial charge in [0.05, 0.1) is 41.2 Å². The molecule has 3 aliphatic carbocycles. The molecule has 350 valence electrons. The van der Waals surface area contributed by atoms with Crippen LogP contribution in [0.2, 0.25) is 0 Å². The Labute approximate surface area is 392 Å². The molecule has 5 heterocycles. The number of hydrogen-bond acceptors (Lipinski definition) is 12. The van der Waals surface area contributed by atoms with Crippen molar-refractivity contribution in [3.63, 3.8) is 0 Å². The largest absolute Gasteiger partial charge is 0.482 e. The number of ether oxygens (including phenoxy) is 5. The summed E-state index contributed by atoms with van der Waals surface area (Å²) in [5.41, 5.74) is 1.38. The van der Waals surface area contributed by atoms with E-state index >= 15 is 4.79 Å². The maximum atomic E-state index is 15.7. The van der Waals surface area contributed by atoms with Crippen LogP contribution in [0.15, 0.2) is 75.2 Å². The number of Topliss-reactive ketones (excluding diaryl/α,β-unsaturated/α-hetero) is 1. The van der Waals surface area contributed by atoms with E-state index in [-0.39, 0.29) is 35.0 Å². The van der Waals surface area contributed by atoms with E-state index < -0.39 is 52.6 Å². The smallest absolute Gasteiger partial charge is 0.333 e. The topological polar surface area (TPSA) is 133 Å². The number of allylic oxidation sites excluding steroid dienone is 4. The Morgan fingerprint density at radius 2 is 1.68 bits per heavy atom. The minimum absolute atomic E-state index is 0.0573. The number of piperazine rings is 1. The van der Waals surface area contributed by atoms with Crippen molar-refractivity contribution in [1.29, 1.82) is 0 Å². The molecule has 13 heteroatoms. The number of thioether (sulfide) groups is 1. The van der Waals surface area contributed by atoms with Gasteiger partial charge in [-0.1, -0.05) is 41.5 Å². The first-order valence-electron chi connectivity index (χ1n) is 23.4. The Hall–Kier alpha value is -4.98. The molecule has 0 radical (unpaired) electrons. The third-order valence-electron chi connectivity index (χ3n) is 14.9. The number of ketones is 1. The van der Waals surface area contributed by atoms with E-state index in [0.29, 0.717) is 66.3 Å². The summed E-state index contributed by atoms with van der Waals surface area (Å²) >= 11 is 1.64. The molecule has 2 aromatic rings. The van der Waals surface area contributed by atoms with Crippen LogP contribution in [0.25, 0.3) is 6.08 Å². The number of methoxy groups -OCH3 is 1. The van der Waals surface area contributed by atoms with Gasteiger partial charge in [0.25, 0.3) is 0 Å². The van der Waals surface area contributed by atoms with E-state index in [9.17, 15) is 14.4 Å². The van der Waals surface area contributed by atoms with Gasteiger partial charge in [0, 0.05) is 65.7 Å². The lowest BCUT2D eigenvalue weighted by atomic mass is 9.46. The van der Waals surface area contributed by atoms with Gasteiger partial charge in [0.15, 0.2) is 22.7 Å². The van der Waals surface area contributed by atoms with Crippen molar-refractivity contribution >= 4 is 52.9 Å². The van der Waals surface area contributed by atoms with Gasteiger partial charge in [0.2, 0.25) is 5.91 Å². The number of esters is 2. The van der Waals surface area contributed by atoms with Crippen LogP contribution < -0.4 is 14.2 Å². The number of hydrogen-bond donors (Lipinski definition) is 0. The summed E-state index contributed by atoms with van der Waals surface area (Å²) in [7, 11) is 3.36. The first-order chi connectivity index (χ1) is 31.3. The third kappa shape index (κ3) is 7.48. The highest BCUT2D eigenvalue weighted by Gasteiger charge is 2.85. The lowest BCUT2D eigenvalue weighted by molar-refractivity contribution is -0.196. The summed E-state index contributed by atoms with van der Waals surface area (Å²) in [5.74, 6) is -1.70. The van der Waals surface area contributed by atoms with E-state index in [1.54, 1.807) is 29.7 Å². The summed E-state index contributed by atoms with van der Waals surface area (Å²) < 4.78 is 34.1. The molecule has 3 saturated carbocycles. The SMILES string of the molecule is COC(=O)C(C)=CCC12OC(C)(C)C3CC(C1=O)C1Sc4ccccc4N=C4c5c(OC(=O)CC(=O)N6CCN(C)CC6)c6c(c(CC=C(C)C)c5OC32C41)OC(C)(CCC=C(C)C)C=C6.